The van der Waals surface area contributed by atoms with E-state index in [1.807, 2.05) is 0 Å². The van der Waals surface area contributed by atoms with Crippen molar-refractivity contribution in [1.29, 1.82) is 0 Å². The largest absolute Gasteiger partial charge is 0.393 e. The number of hydrogen-bond acceptors (Lipinski definition) is 2. The monoisotopic (exact) mass is 454 g/mol. The molecule has 0 saturated heterocycles. The third-order valence-electron chi connectivity index (χ3n) is 13.3. The molecule has 0 aromatic carbocycles. The van der Waals surface area contributed by atoms with Crippen LogP contribution in [0.25, 0.3) is 0 Å². The molecular formula is C31H50O2. The van der Waals surface area contributed by atoms with Gasteiger partial charge in [-0.1, -0.05) is 60.1 Å². The lowest BCUT2D eigenvalue weighted by Crippen LogP contribution is -2.64. The average Bonchev–Trinajstić information content (AvgIpc) is 2.72. The molecule has 0 radical (unpaired) electrons. The van der Waals surface area contributed by atoms with E-state index in [1.54, 1.807) is 5.57 Å². The molecule has 2 heteroatoms. The summed E-state index contributed by atoms with van der Waals surface area (Å²) in [6.45, 7) is 17.5. The first-order valence-corrected chi connectivity index (χ1v) is 14.1. The molecule has 0 heterocycles. The van der Waals surface area contributed by atoms with Crippen LogP contribution >= 0.6 is 0 Å². The maximum Gasteiger partial charge on any atom is 0.120 e. The lowest BCUT2D eigenvalue weighted by atomic mass is 9.33. The van der Waals surface area contributed by atoms with Crippen LogP contribution in [0.15, 0.2) is 11.6 Å². The Bertz CT molecular complexity index is 853. The fourth-order valence-electron chi connectivity index (χ4n) is 10.9. The summed E-state index contributed by atoms with van der Waals surface area (Å²) in [6, 6.07) is 0. The van der Waals surface area contributed by atoms with Gasteiger partial charge < -0.3 is 9.90 Å². The molecule has 0 aliphatic heterocycles. The summed E-state index contributed by atoms with van der Waals surface area (Å²) in [4.78, 5) is 11.9. The van der Waals surface area contributed by atoms with Crippen molar-refractivity contribution >= 4 is 6.29 Å². The second-order valence-electron chi connectivity index (χ2n) is 15.3. The Kier molecular flexibility index (Phi) is 5.26. The van der Waals surface area contributed by atoms with Crippen LogP contribution in [-0.2, 0) is 4.79 Å². The Morgan fingerprint density at radius 1 is 0.909 bits per heavy atom. The van der Waals surface area contributed by atoms with Gasteiger partial charge in [0, 0.05) is 6.42 Å². The van der Waals surface area contributed by atoms with Crippen LogP contribution in [0.3, 0.4) is 0 Å². The molecule has 4 saturated carbocycles. The van der Waals surface area contributed by atoms with Crippen molar-refractivity contribution in [3.8, 4) is 0 Å². The van der Waals surface area contributed by atoms with Crippen molar-refractivity contribution in [2.75, 3.05) is 0 Å². The van der Waals surface area contributed by atoms with Crippen LogP contribution in [0, 0.1) is 50.2 Å². The van der Waals surface area contributed by atoms with Gasteiger partial charge in [0.05, 0.1) is 6.10 Å². The van der Waals surface area contributed by atoms with E-state index in [0.717, 1.165) is 12.8 Å². The van der Waals surface area contributed by atoms with Gasteiger partial charge in [-0.15, -0.1) is 0 Å². The molecular weight excluding hydrogens is 404 g/mol. The van der Waals surface area contributed by atoms with Crippen LogP contribution in [0.2, 0.25) is 0 Å². The van der Waals surface area contributed by atoms with E-state index < -0.39 is 0 Å². The van der Waals surface area contributed by atoms with Gasteiger partial charge in [-0.2, -0.15) is 0 Å². The van der Waals surface area contributed by atoms with Crippen LogP contribution < -0.4 is 0 Å². The maximum atomic E-state index is 11.9. The van der Waals surface area contributed by atoms with Gasteiger partial charge in [-0.3, -0.25) is 0 Å². The molecule has 4 fully saturated rings. The number of allylic oxidation sites excluding steroid dienone is 2. The Hall–Kier alpha value is -0.630. The van der Waals surface area contributed by atoms with E-state index in [2.05, 4.69) is 54.5 Å². The number of fused-ring (bicyclic) bond motifs is 7. The number of aliphatic hydroxyl groups excluding tert-OH is 1. The molecule has 33 heavy (non-hydrogen) atoms. The van der Waals surface area contributed by atoms with Crippen molar-refractivity contribution in [3.63, 3.8) is 0 Å². The van der Waals surface area contributed by atoms with E-state index >= 15 is 0 Å². The second-order valence-corrected chi connectivity index (χ2v) is 15.3. The normalized spacial score (nSPS) is 52.4. The van der Waals surface area contributed by atoms with Gasteiger partial charge in [0.2, 0.25) is 0 Å². The highest BCUT2D eigenvalue weighted by Gasteiger charge is 2.68. The van der Waals surface area contributed by atoms with Crippen molar-refractivity contribution in [2.45, 2.75) is 125 Å². The van der Waals surface area contributed by atoms with E-state index in [0.29, 0.717) is 34.0 Å². The number of rotatable bonds is 2. The first-order valence-electron chi connectivity index (χ1n) is 14.1. The van der Waals surface area contributed by atoms with Gasteiger partial charge in [-0.05, 0) is 114 Å². The fraction of sp³-hybridized carbons (Fsp3) is 0.903. The molecule has 8 atom stereocenters. The molecule has 0 spiro atoms. The van der Waals surface area contributed by atoms with Crippen LogP contribution in [0.1, 0.15) is 119 Å². The van der Waals surface area contributed by atoms with Crippen LogP contribution in [0.4, 0.5) is 0 Å². The Morgan fingerprint density at radius 2 is 1.61 bits per heavy atom. The number of aliphatic hydroxyl groups is 1. The maximum absolute atomic E-state index is 11.9. The van der Waals surface area contributed by atoms with E-state index in [9.17, 15) is 9.90 Å². The number of carbonyl (C=O) groups excluding carboxylic acids is 1. The van der Waals surface area contributed by atoms with Crippen LogP contribution in [0.5, 0.6) is 0 Å². The predicted molar refractivity (Wildman–Crippen MR) is 136 cm³/mol. The number of aldehydes is 1. The van der Waals surface area contributed by atoms with Gasteiger partial charge in [-0.25, -0.2) is 0 Å². The molecule has 0 aromatic heterocycles. The zero-order valence-corrected chi connectivity index (χ0v) is 22.6. The van der Waals surface area contributed by atoms with Gasteiger partial charge in [0.15, 0.2) is 0 Å². The summed E-state index contributed by atoms with van der Waals surface area (Å²) in [7, 11) is 0. The lowest BCUT2D eigenvalue weighted by Gasteiger charge is -2.71. The van der Waals surface area contributed by atoms with Crippen LogP contribution in [-0.4, -0.2) is 17.5 Å². The van der Waals surface area contributed by atoms with Crippen molar-refractivity contribution in [1.82, 2.24) is 0 Å². The quantitative estimate of drug-likeness (QED) is 0.342. The Balaban J connectivity index is 1.58. The third-order valence-corrected chi connectivity index (χ3v) is 13.3. The first-order chi connectivity index (χ1) is 15.3. The zero-order chi connectivity index (χ0) is 24.1. The smallest absolute Gasteiger partial charge is 0.120 e. The lowest BCUT2D eigenvalue weighted by molar-refractivity contribution is -0.203. The molecule has 186 valence electrons. The topological polar surface area (TPSA) is 37.3 Å². The molecule has 0 aromatic rings. The Morgan fingerprint density at radius 3 is 2.30 bits per heavy atom. The minimum absolute atomic E-state index is 0.0122. The average molecular weight is 455 g/mol. The standard InChI is InChI=1S/C31H50O2/c1-26(2)14-16-31(18-19-32)17-15-29(6)21(22(31)20-26)8-9-24-28(5)12-11-25(33)27(3,4)23(28)10-13-30(24,29)7/h8,19,22-25,33H,9-18,20H2,1-7H3/t22?,23-,24+,25-,28-,29+,30+,31+/m0/s1. The predicted octanol–water partition coefficient (Wildman–Crippen LogP) is 7.74. The summed E-state index contributed by atoms with van der Waals surface area (Å²) in [5, 5.41) is 10.9. The van der Waals surface area contributed by atoms with Gasteiger partial charge >= 0.3 is 0 Å². The summed E-state index contributed by atoms with van der Waals surface area (Å²) in [5.41, 5.74) is 3.22. The summed E-state index contributed by atoms with van der Waals surface area (Å²) in [6.07, 6.45) is 16.7. The number of hydrogen-bond donors (Lipinski definition) is 1. The fourth-order valence-corrected chi connectivity index (χ4v) is 10.9. The minimum Gasteiger partial charge on any atom is -0.393 e. The molecule has 1 N–H and O–H groups in total. The minimum atomic E-state index is -0.159. The SMILES string of the molecule is CC1(C)CC[C@]2(CC=O)CC[C@]3(C)C(=CC[C@@H]4[C@@]5(C)CC[C@H](O)C(C)(C)[C@@H]5CC[C@]43C)C2C1. The summed E-state index contributed by atoms with van der Waals surface area (Å²) < 4.78 is 0. The molecule has 1 unspecified atom stereocenters. The molecule has 5 aliphatic rings. The first kappa shape index (κ1) is 24.1. The molecule has 5 aliphatic carbocycles. The van der Waals surface area contributed by atoms with Gasteiger partial charge in [0.25, 0.3) is 0 Å². The van der Waals surface area contributed by atoms with Crippen molar-refractivity contribution in [3.05, 3.63) is 11.6 Å². The number of carbonyl (C=O) groups is 1. The zero-order valence-electron chi connectivity index (χ0n) is 22.6. The highest BCUT2D eigenvalue weighted by Crippen LogP contribution is 2.75. The summed E-state index contributed by atoms with van der Waals surface area (Å²) in [5.74, 6) is 1.88. The molecule has 5 rings (SSSR count). The molecule has 0 amide bonds. The molecule has 2 nitrogen and oxygen atoms in total. The van der Waals surface area contributed by atoms with E-state index in [-0.39, 0.29) is 22.3 Å². The van der Waals surface area contributed by atoms with Crippen molar-refractivity contribution < 1.29 is 9.90 Å². The highest BCUT2D eigenvalue weighted by molar-refractivity contribution is 5.52. The van der Waals surface area contributed by atoms with E-state index in [1.165, 1.54) is 64.1 Å². The highest BCUT2D eigenvalue weighted by atomic mass is 16.3. The summed E-state index contributed by atoms with van der Waals surface area (Å²) >= 11 is 0. The van der Waals surface area contributed by atoms with Crippen molar-refractivity contribution in [2.24, 2.45) is 50.2 Å². The third kappa shape index (κ3) is 3.04. The van der Waals surface area contributed by atoms with Gasteiger partial charge in [0.1, 0.15) is 6.29 Å². The second kappa shape index (κ2) is 7.21. The Labute approximate surface area is 203 Å². The molecule has 0 bridgehead atoms. The van der Waals surface area contributed by atoms with E-state index in [4.69, 9.17) is 0 Å².